The first-order chi connectivity index (χ1) is 18.1. The van der Waals surface area contributed by atoms with Gasteiger partial charge < -0.3 is 9.47 Å². The largest absolute Gasteiger partial charge is 0.469 e. The minimum absolute atomic E-state index is 0.300. The van der Waals surface area contributed by atoms with Crippen LogP contribution in [0.4, 0.5) is 0 Å². The molecule has 0 radical (unpaired) electrons. The molecule has 5 heteroatoms. The Morgan fingerprint density at radius 3 is 1.38 bits per heavy atom. The van der Waals surface area contributed by atoms with Crippen LogP contribution < -0.4 is 5.32 Å². The fourth-order valence-corrected chi connectivity index (χ4v) is 4.86. The topological polar surface area (TPSA) is 64.6 Å². The lowest BCUT2D eigenvalue weighted by molar-refractivity contribution is -0.155. The number of carbonyl (C=O) groups is 2. The van der Waals surface area contributed by atoms with Gasteiger partial charge in [0.15, 0.2) is 0 Å². The maximum Gasteiger partial charge on any atom is 0.323 e. The van der Waals surface area contributed by atoms with Crippen molar-refractivity contribution in [3.63, 3.8) is 0 Å². The molecule has 0 bridgehead atoms. The zero-order chi connectivity index (χ0) is 26.1. The van der Waals surface area contributed by atoms with E-state index in [1.54, 1.807) is 0 Å². The van der Waals surface area contributed by atoms with E-state index in [0.29, 0.717) is 6.42 Å². The molecule has 0 fully saturated rings. The van der Waals surface area contributed by atoms with E-state index in [-0.39, 0.29) is 0 Å². The van der Waals surface area contributed by atoms with Gasteiger partial charge in [-0.15, -0.1) is 0 Å². The van der Waals surface area contributed by atoms with Crippen molar-refractivity contribution >= 4 is 11.9 Å². The van der Waals surface area contributed by atoms with Crippen molar-refractivity contribution < 1.29 is 19.1 Å². The van der Waals surface area contributed by atoms with E-state index in [1.165, 1.54) is 14.2 Å². The monoisotopic (exact) mass is 493 g/mol. The number of hydrogen-bond donors (Lipinski definition) is 1. The summed E-state index contributed by atoms with van der Waals surface area (Å²) in [5.74, 6) is -1.87. The minimum atomic E-state index is -1.02. The van der Waals surface area contributed by atoms with E-state index in [2.05, 4.69) is 5.32 Å². The average molecular weight is 494 g/mol. The van der Waals surface area contributed by atoms with Crippen LogP contribution in [0.5, 0.6) is 0 Å². The maximum atomic E-state index is 13.4. The van der Waals surface area contributed by atoms with Gasteiger partial charge in [0.1, 0.15) is 6.04 Å². The van der Waals surface area contributed by atoms with Crippen molar-refractivity contribution in [2.75, 3.05) is 14.2 Å². The van der Waals surface area contributed by atoms with Crippen LogP contribution in [-0.2, 0) is 31.0 Å². The Hall–Kier alpha value is -4.22. The van der Waals surface area contributed by atoms with Gasteiger partial charge in [-0.2, -0.15) is 0 Å². The smallest absolute Gasteiger partial charge is 0.323 e. The molecule has 0 amide bonds. The van der Waals surface area contributed by atoms with Gasteiger partial charge in [0, 0.05) is 0 Å². The van der Waals surface area contributed by atoms with E-state index in [4.69, 9.17) is 9.47 Å². The zero-order valence-electron chi connectivity index (χ0n) is 21.0. The normalized spacial score (nSPS) is 12.8. The standard InChI is InChI=1S/C32H31NO4/c1-36-30(34)28(23-24-15-7-3-8-16-24)29(31(35)37-2)33-32(25-17-9-4-10-18-25,26-19-11-5-12-20-26)27-21-13-6-14-22-27/h3-22,28-29,33H,23H2,1-2H3/t28?,29-/m0/s1. The predicted molar refractivity (Wildman–Crippen MR) is 144 cm³/mol. The molecule has 1 N–H and O–H groups in total. The van der Waals surface area contributed by atoms with E-state index in [0.717, 1.165) is 22.3 Å². The van der Waals surface area contributed by atoms with E-state index in [1.807, 2.05) is 121 Å². The molecule has 0 saturated carbocycles. The third-order valence-corrected chi connectivity index (χ3v) is 6.65. The van der Waals surface area contributed by atoms with Crippen molar-refractivity contribution in [3.8, 4) is 0 Å². The van der Waals surface area contributed by atoms with Crippen molar-refractivity contribution in [2.24, 2.45) is 5.92 Å². The molecule has 1 unspecified atom stereocenters. The Kier molecular flexibility index (Phi) is 8.49. The van der Waals surface area contributed by atoms with E-state index < -0.39 is 29.4 Å². The van der Waals surface area contributed by atoms with Gasteiger partial charge in [-0.05, 0) is 28.7 Å². The highest BCUT2D eigenvalue weighted by Gasteiger charge is 2.45. The lowest BCUT2D eigenvalue weighted by Gasteiger charge is -2.41. The van der Waals surface area contributed by atoms with Crippen molar-refractivity contribution in [1.29, 1.82) is 0 Å². The number of esters is 2. The first kappa shape index (κ1) is 25.9. The summed E-state index contributed by atoms with van der Waals surface area (Å²) < 4.78 is 10.5. The van der Waals surface area contributed by atoms with Gasteiger partial charge in [-0.3, -0.25) is 14.9 Å². The molecule has 0 aliphatic carbocycles. The van der Waals surface area contributed by atoms with Crippen LogP contribution >= 0.6 is 0 Å². The molecule has 5 nitrogen and oxygen atoms in total. The molecular weight excluding hydrogens is 462 g/mol. The van der Waals surface area contributed by atoms with Crippen LogP contribution in [0.1, 0.15) is 22.3 Å². The Bertz CT molecular complexity index is 1180. The van der Waals surface area contributed by atoms with Gasteiger partial charge in [0.2, 0.25) is 0 Å². The Labute approximate surface area is 218 Å². The number of benzene rings is 4. The molecule has 0 aromatic heterocycles. The molecule has 0 spiro atoms. The second-order valence-corrected chi connectivity index (χ2v) is 8.81. The van der Waals surface area contributed by atoms with Crippen LogP contribution in [0, 0.1) is 5.92 Å². The van der Waals surface area contributed by atoms with Gasteiger partial charge in [-0.25, -0.2) is 0 Å². The molecule has 0 aliphatic rings. The molecule has 2 atom stereocenters. The number of rotatable bonds is 10. The molecule has 0 aliphatic heterocycles. The summed E-state index contributed by atoms with van der Waals surface area (Å²) in [4.78, 5) is 26.6. The Morgan fingerprint density at radius 1 is 0.622 bits per heavy atom. The summed E-state index contributed by atoms with van der Waals surface area (Å²) >= 11 is 0. The van der Waals surface area contributed by atoms with Gasteiger partial charge in [0.05, 0.1) is 25.7 Å². The average Bonchev–Trinajstić information content (AvgIpc) is 2.98. The predicted octanol–water partition coefficient (Wildman–Crippen LogP) is 5.14. The molecule has 4 aromatic carbocycles. The number of hydrogen-bond acceptors (Lipinski definition) is 5. The van der Waals surface area contributed by atoms with Gasteiger partial charge >= 0.3 is 11.9 Å². The maximum absolute atomic E-state index is 13.4. The summed E-state index contributed by atoms with van der Waals surface area (Å²) in [7, 11) is 2.68. The number of carbonyl (C=O) groups excluding carboxylic acids is 2. The highest BCUT2D eigenvalue weighted by Crippen LogP contribution is 2.38. The summed E-state index contributed by atoms with van der Waals surface area (Å²) in [6.45, 7) is 0. The fraction of sp³-hybridized carbons (Fsp3) is 0.188. The van der Waals surface area contributed by atoms with Crippen molar-refractivity contribution in [2.45, 2.75) is 18.0 Å². The van der Waals surface area contributed by atoms with Gasteiger partial charge in [0.25, 0.3) is 0 Å². The summed E-state index contributed by atoms with van der Waals surface area (Å²) in [6.07, 6.45) is 0.300. The first-order valence-electron chi connectivity index (χ1n) is 12.2. The summed E-state index contributed by atoms with van der Waals surface area (Å²) in [5, 5.41) is 3.63. The van der Waals surface area contributed by atoms with Crippen molar-refractivity contribution in [3.05, 3.63) is 144 Å². The lowest BCUT2D eigenvalue weighted by atomic mass is 9.75. The van der Waals surface area contributed by atoms with Gasteiger partial charge in [-0.1, -0.05) is 121 Å². The third-order valence-electron chi connectivity index (χ3n) is 6.65. The van der Waals surface area contributed by atoms with Crippen LogP contribution in [0.15, 0.2) is 121 Å². The van der Waals surface area contributed by atoms with Crippen LogP contribution in [-0.4, -0.2) is 32.2 Å². The molecule has 0 saturated heterocycles. The SMILES string of the molecule is COC(=O)C(Cc1ccccc1)[C@H](NC(c1ccccc1)(c1ccccc1)c1ccccc1)C(=O)OC. The second-order valence-electron chi connectivity index (χ2n) is 8.81. The minimum Gasteiger partial charge on any atom is -0.469 e. The van der Waals surface area contributed by atoms with Crippen LogP contribution in [0.3, 0.4) is 0 Å². The first-order valence-corrected chi connectivity index (χ1v) is 12.2. The van der Waals surface area contributed by atoms with Crippen LogP contribution in [0.25, 0.3) is 0 Å². The fourth-order valence-electron chi connectivity index (χ4n) is 4.86. The lowest BCUT2D eigenvalue weighted by Crippen LogP contribution is -2.57. The molecule has 4 rings (SSSR count). The molecular formula is C32H31NO4. The van der Waals surface area contributed by atoms with Crippen LogP contribution in [0.2, 0.25) is 0 Å². The third kappa shape index (κ3) is 5.63. The highest BCUT2D eigenvalue weighted by molar-refractivity contribution is 5.85. The second kappa shape index (κ2) is 12.2. The molecule has 188 valence electrons. The summed E-state index contributed by atoms with van der Waals surface area (Å²) in [5.41, 5.74) is 2.71. The Balaban J connectivity index is 1.94. The molecule has 4 aromatic rings. The highest BCUT2D eigenvalue weighted by atomic mass is 16.5. The zero-order valence-corrected chi connectivity index (χ0v) is 21.0. The molecule has 37 heavy (non-hydrogen) atoms. The van der Waals surface area contributed by atoms with Crippen molar-refractivity contribution in [1.82, 2.24) is 5.32 Å². The number of ether oxygens (including phenoxy) is 2. The number of nitrogens with one attached hydrogen (secondary N) is 1. The molecule has 0 heterocycles. The van der Waals surface area contributed by atoms with E-state index >= 15 is 0 Å². The Morgan fingerprint density at radius 2 is 1.00 bits per heavy atom. The summed E-state index contributed by atoms with van der Waals surface area (Å²) in [6, 6.07) is 38.4. The number of methoxy groups -OCH3 is 2. The van der Waals surface area contributed by atoms with E-state index in [9.17, 15) is 9.59 Å². The quantitative estimate of drug-likeness (QED) is 0.245.